The second-order valence-corrected chi connectivity index (χ2v) is 7.67. The van der Waals surface area contributed by atoms with Crippen LogP contribution in [0.25, 0.3) is 0 Å². The summed E-state index contributed by atoms with van der Waals surface area (Å²) >= 11 is 0. The van der Waals surface area contributed by atoms with Crippen LogP contribution in [0.3, 0.4) is 0 Å². The lowest BCUT2D eigenvalue weighted by atomic mass is 10.0. The second kappa shape index (κ2) is 7.53. The van der Waals surface area contributed by atoms with Gasteiger partial charge in [-0.1, -0.05) is 6.92 Å². The smallest absolute Gasteiger partial charge is 0.327 e. The van der Waals surface area contributed by atoms with E-state index in [1.54, 1.807) is 0 Å². The Balaban J connectivity index is 2.63. The molecule has 0 amide bonds. The molecule has 8 heteroatoms. The number of carbonyl (C=O) groups is 1. The minimum Gasteiger partial charge on any atom is -0.468 e. The Labute approximate surface area is 127 Å². The Morgan fingerprint density at radius 3 is 2.29 bits per heavy atom. The molecule has 1 rings (SSSR count). The van der Waals surface area contributed by atoms with E-state index in [4.69, 9.17) is 4.74 Å². The number of rotatable bonds is 7. The number of esters is 1. The zero-order valence-electron chi connectivity index (χ0n) is 13.4. The summed E-state index contributed by atoms with van der Waals surface area (Å²) in [6.45, 7) is 7.27. The van der Waals surface area contributed by atoms with Gasteiger partial charge < -0.3 is 10.1 Å². The molecular weight excluding hydrogens is 294 g/mol. The van der Waals surface area contributed by atoms with Crippen molar-refractivity contribution in [2.24, 2.45) is 0 Å². The number of methoxy groups -OCH3 is 1. The molecule has 1 atom stereocenters. The van der Waals surface area contributed by atoms with Gasteiger partial charge in [0, 0.05) is 32.7 Å². The van der Waals surface area contributed by atoms with Gasteiger partial charge in [0.05, 0.1) is 13.4 Å². The van der Waals surface area contributed by atoms with Crippen molar-refractivity contribution in [3.05, 3.63) is 0 Å². The third-order valence-electron chi connectivity index (χ3n) is 3.74. The van der Waals surface area contributed by atoms with Crippen molar-refractivity contribution in [3.63, 3.8) is 0 Å². The number of hydrogen-bond acceptors (Lipinski definition) is 6. The van der Waals surface area contributed by atoms with Crippen LogP contribution in [0, 0.1) is 0 Å². The molecule has 1 aliphatic heterocycles. The first-order valence-corrected chi connectivity index (χ1v) is 9.08. The molecule has 0 aliphatic carbocycles. The average Bonchev–Trinajstić information content (AvgIpc) is 2.43. The van der Waals surface area contributed by atoms with Gasteiger partial charge in [-0.05, 0) is 19.9 Å². The van der Waals surface area contributed by atoms with Crippen molar-refractivity contribution < 1.29 is 17.9 Å². The lowest BCUT2D eigenvalue weighted by Crippen LogP contribution is -2.60. The topological polar surface area (TPSA) is 79.0 Å². The zero-order chi connectivity index (χ0) is 16.1. The highest BCUT2D eigenvalue weighted by Crippen LogP contribution is 2.13. The van der Waals surface area contributed by atoms with Gasteiger partial charge in [-0.2, -0.15) is 4.31 Å². The number of ether oxygens (including phenoxy) is 1. The quantitative estimate of drug-likeness (QED) is 0.637. The molecule has 1 saturated heterocycles. The Bertz CT molecular complexity index is 446. The summed E-state index contributed by atoms with van der Waals surface area (Å²) < 4.78 is 29.4. The van der Waals surface area contributed by atoms with Crippen molar-refractivity contribution in [3.8, 4) is 0 Å². The van der Waals surface area contributed by atoms with Gasteiger partial charge in [0.25, 0.3) is 0 Å². The van der Waals surface area contributed by atoms with Crippen molar-refractivity contribution in [1.29, 1.82) is 0 Å². The first-order valence-electron chi connectivity index (χ1n) is 7.24. The molecule has 0 spiro atoms. The maximum absolute atomic E-state index is 12.0. The van der Waals surface area contributed by atoms with Gasteiger partial charge in [-0.3, -0.25) is 9.69 Å². The van der Waals surface area contributed by atoms with Crippen LogP contribution in [-0.2, 0) is 19.6 Å². The van der Waals surface area contributed by atoms with E-state index >= 15 is 0 Å². The molecule has 1 heterocycles. The molecule has 0 aromatic carbocycles. The van der Waals surface area contributed by atoms with Crippen LogP contribution in [0.5, 0.6) is 0 Å². The van der Waals surface area contributed by atoms with E-state index in [1.807, 2.05) is 13.8 Å². The molecule has 1 aliphatic rings. The van der Waals surface area contributed by atoms with Crippen LogP contribution >= 0.6 is 0 Å². The first kappa shape index (κ1) is 18.3. The highest BCUT2D eigenvalue weighted by molar-refractivity contribution is 7.88. The molecule has 0 aromatic rings. The average molecular weight is 321 g/mol. The molecule has 0 radical (unpaired) electrons. The van der Waals surface area contributed by atoms with Gasteiger partial charge in [0.2, 0.25) is 10.0 Å². The molecule has 0 saturated carbocycles. The largest absolute Gasteiger partial charge is 0.468 e. The normalized spacial score (nSPS) is 21.0. The molecule has 7 nitrogen and oxygen atoms in total. The molecule has 1 N–H and O–H groups in total. The first-order chi connectivity index (χ1) is 9.73. The summed E-state index contributed by atoms with van der Waals surface area (Å²) in [4.78, 5) is 14.1. The van der Waals surface area contributed by atoms with Gasteiger partial charge in [0.1, 0.15) is 5.54 Å². The van der Waals surface area contributed by atoms with E-state index in [2.05, 4.69) is 10.2 Å². The third-order valence-corrected chi connectivity index (χ3v) is 5.04. The van der Waals surface area contributed by atoms with Crippen molar-refractivity contribution in [2.75, 3.05) is 52.6 Å². The highest BCUT2D eigenvalue weighted by atomic mass is 32.2. The van der Waals surface area contributed by atoms with Crippen molar-refractivity contribution in [1.82, 2.24) is 14.5 Å². The number of carbonyl (C=O) groups excluding carboxylic acids is 1. The van der Waals surface area contributed by atoms with Crippen molar-refractivity contribution in [2.45, 2.75) is 25.8 Å². The van der Waals surface area contributed by atoms with E-state index in [-0.39, 0.29) is 5.97 Å². The Kier molecular flexibility index (Phi) is 6.58. The number of hydrogen-bond donors (Lipinski definition) is 1. The standard InChI is InChI=1S/C13H27N3O4S/c1-5-6-14-13(2,12(17)20-3)11-15-7-9-16(10-8-15)21(4,18)19/h14H,5-11H2,1-4H3. The molecule has 0 bridgehead atoms. The summed E-state index contributed by atoms with van der Waals surface area (Å²) in [5.41, 5.74) is -0.766. The maximum Gasteiger partial charge on any atom is 0.327 e. The van der Waals surface area contributed by atoms with Crippen LogP contribution in [0.2, 0.25) is 0 Å². The van der Waals surface area contributed by atoms with Crippen LogP contribution < -0.4 is 5.32 Å². The molecule has 0 aromatic heterocycles. The lowest BCUT2D eigenvalue weighted by molar-refractivity contribution is -0.149. The monoisotopic (exact) mass is 321 g/mol. The summed E-state index contributed by atoms with van der Waals surface area (Å²) in [6.07, 6.45) is 2.15. The minimum absolute atomic E-state index is 0.290. The maximum atomic E-state index is 12.0. The van der Waals surface area contributed by atoms with Crippen LogP contribution in [0.1, 0.15) is 20.3 Å². The molecule has 124 valence electrons. The number of nitrogens with one attached hydrogen (secondary N) is 1. The van der Waals surface area contributed by atoms with Gasteiger partial charge in [-0.15, -0.1) is 0 Å². The SMILES string of the molecule is CCCNC(C)(CN1CCN(S(C)(=O)=O)CC1)C(=O)OC. The van der Waals surface area contributed by atoms with E-state index in [0.29, 0.717) is 32.7 Å². The summed E-state index contributed by atoms with van der Waals surface area (Å²) in [5.74, 6) is -0.290. The fourth-order valence-corrected chi connectivity index (χ4v) is 3.31. The molecule has 1 unspecified atom stereocenters. The summed E-state index contributed by atoms with van der Waals surface area (Å²) in [5, 5.41) is 3.24. The predicted molar refractivity (Wildman–Crippen MR) is 81.6 cm³/mol. The zero-order valence-corrected chi connectivity index (χ0v) is 14.2. The molecule has 1 fully saturated rings. The lowest BCUT2D eigenvalue weighted by Gasteiger charge is -2.38. The predicted octanol–water partition coefficient (Wildman–Crippen LogP) is -0.505. The Morgan fingerprint density at radius 2 is 1.86 bits per heavy atom. The Morgan fingerprint density at radius 1 is 1.29 bits per heavy atom. The van der Waals surface area contributed by atoms with Crippen LogP contribution in [0.4, 0.5) is 0 Å². The molecule has 21 heavy (non-hydrogen) atoms. The van der Waals surface area contributed by atoms with Gasteiger partial charge >= 0.3 is 5.97 Å². The fraction of sp³-hybridized carbons (Fsp3) is 0.923. The Hall–Kier alpha value is -0.700. The van der Waals surface area contributed by atoms with Crippen LogP contribution in [0.15, 0.2) is 0 Å². The number of piperazine rings is 1. The van der Waals surface area contributed by atoms with Crippen molar-refractivity contribution >= 4 is 16.0 Å². The van der Waals surface area contributed by atoms with E-state index in [0.717, 1.165) is 13.0 Å². The summed E-state index contributed by atoms with van der Waals surface area (Å²) in [6, 6.07) is 0. The number of nitrogens with zero attached hydrogens (tertiary/aromatic N) is 2. The third kappa shape index (κ3) is 5.21. The van der Waals surface area contributed by atoms with Gasteiger partial charge in [0.15, 0.2) is 0 Å². The number of sulfonamides is 1. The molecular formula is C13H27N3O4S. The van der Waals surface area contributed by atoms with E-state index < -0.39 is 15.6 Å². The summed E-state index contributed by atoms with van der Waals surface area (Å²) in [7, 11) is -1.74. The fourth-order valence-electron chi connectivity index (χ4n) is 2.49. The van der Waals surface area contributed by atoms with Gasteiger partial charge in [-0.25, -0.2) is 8.42 Å². The minimum atomic E-state index is -3.13. The van der Waals surface area contributed by atoms with E-state index in [9.17, 15) is 13.2 Å². The second-order valence-electron chi connectivity index (χ2n) is 5.69. The van der Waals surface area contributed by atoms with Crippen LogP contribution in [-0.4, -0.2) is 81.8 Å². The highest BCUT2D eigenvalue weighted by Gasteiger charge is 2.37. The van der Waals surface area contributed by atoms with E-state index in [1.165, 1.54) is 17.7 Å².